The molecule has 0 unspecified atom stereocenters. The third-order valence-electron chi connectivity index (χ3n) is 6.26. The fraction of sp³-hybridized carbons (Fsp3) is 0.310. The minimum absolute atomic E-state index is 0.908. The Morgan fingerprint density at radius 1 is 0.676 bits per heavy atom. The first-order valence-corrected chi connectivity index (χ1v) is 18.0. The van der Waals surface area contributed by atoms with Crippen molar-refractivity contribution < 1.29 is 11.9 Å². The molecule has 3 aromatic rings. The van der Waals surface area contributed by atoms with Gasteiger partial charge in [0.05, 0.1) is 0 Å². The number of aryl methyl sites for hydroxylation is 6. The molecule has 5 heteroatoms. The number of hydrogen-bond acceptors (Lipinski definition) is 2. The van der Waals surface area contributed by atoms with Crippen LogP contribution in [0.5, 0.6) is 0 Å². The van der Waals surface area contributed by atoms with Crippen molar-refractivity contribution >= 4 is 39.7 Å². The van der Waals surface area contributed by atoms with E-state index in [4.69, 9.17) is 19.4 Å². The van der Waals surface area contributed by atoms with Crippen LogP contribution in [0, 0.1) is 41.5 Å². The average molecular weight is 583 g/mol. The van der Waals surface area contributed by atoms with Crippen LogP contribution in [0.15, 0.2) is 54.6 Å². The van der Waals surface area contributed by atoms with Crippen molar-refractivity contribution in [3.05, 3.63) is 93.5 Å². The molecule has 0 spiro atoms. The molecule has 1 heterocycles. The van der Waals surface area contributed by atoms with Crippen molar-refractivity contribution in [3.63, 3.8) is 0 Å². The number of nitrogens with zero attached hydrogens (tertiary/aromatic N) is 2. The standard InChI is InChI=1S/C22H28N2.C7H6.2ClH.Ru/c1-15-10-17(3)21(18(4)11-15)23-8-7-9-24(14-23)22-19(5)12-16(2)13-20(22)6;1-7-5-3-2-4-6-7;;;/h10-13H,7-9H2,1-6H3;1-6H;2*1H;/q;;;;+2/p-2. The van der Waals surface area contributed by atoms with Crippen molar-refractivity contribution in [1.29, 1.82) is 0 Å². The van der Waals surface area contributed by atoms with Gasteiger partial charge in [-0.15, -0.1) is 0 Å². The summed E-state index contributed by atoms with van der Waals surface area (Å²) >= 11 is -3.48. The summed E-state index contributed by atoms with van der Waals surface area (Å²) in [5.74, 6) is 0. The van der Waals surface area contributed by atoms with Gasteiger partial charge in [0, 0.05) is 0 Å². The Kier molecular flexibility index (Phi) is 7.48. The van der Waals surface area contributed by atoms with Crippen molar-refractivity contribution in [2.75, 3.05) is 22.9 Å². The van der Waals surface area contributed by atoms with E-state index in [1.165, 1.54) is 44.8 Å². The molecular formula is C29H34Cl2N2Ru. The van der Waals surface area contributed by atoms with Gasteiger partial charge in [-0.25, -0.2) is 0 Å². The Labute approximate surface area is 215 Å². The average Bonchev–Trinajstić information content (AvgIpc) is 2.72. The van der Waals surface area contributed by atoms with Crippen molar-refractivity contribution in [2.24, 2.45) is 0 Å². The summed E-state index contributed by atoms with van der Waals surface area (Å²) in [6.45, 7) is 14.9. The van der Waals surface area contributed by atoms with E-state index in [1.54, 1.807) is 0 Å². The van der Waals surface area contributed by atoms with Gasteiger partial charge < -0.3 is 0 Å². The third kappa shape index (κ3) is 5.08. The number of halogens is 2. The van der Waals surface area contributed by atoms with Crippen LogP contribution in [0.25, 0.3) is 0 Å². The van der Waals surface area contributed by atoms with E-state index in [0.717, 1.165) is 29.4 Å². The molecule has 0 N–H and O–H groups in total. The van der Waals surface area contributed by atoms with Gasteiger partial charge in [0.1, 0.15) is 0 Å². The Bertz CT molecular complexity index is 1230. The van der Waals surface area contributed by atoms with E-state index in [9.17, 15) is 0 Å². The molecule has 1 saturated heterocycles. The Morgan fingerprint density at radius 3 is 1.50 bits per heavy atom. The van der Waals surface area contributed by atoms with Gasteiger partial charge in [-0.2, -0.15) is 0 Å². The second-order valence-corrected chi connectivity index (χ2v) is 18.6. The van der Waals surface area contributed by atoms with Crippen molar-refractivity contribution in [1.82, 2.24) is 0 Å². The maximum absolute atomic E-state index is 7.47. The Morgan fingerprint density at radius 2 is 1.09 bits per heavy atom. The molecule has 2 nitrogen and oxygen atoms in total. The molecule has 0 aromatic heterocycles. The molecule has 0 saturated carbocycles. The minimum atomic E-state index is -3.48. The topological polar surface area (TPSA) is 6.48 Å². The van der Waals surface area contributed by atoms with Crippen LogP contribution < -0.4 is 9.80 Å². The van der Waals surface area contributed by atoms with Crippen LogP contribution in [0.1, 0.15) is 45.4 Å². The first-order chi connectivity index (χ1) is 16.1. The van der Waals surface area contributed by atoms with E-state index in [-0.39, 0.29) is 0 Å². The molecule has 3 aromatic carbocycles. The molecule has 34 heavy (non-hydrogen) atoms. The van der Waals surface area contributed by atoms with Gasteiger partial charge in [0.15, 0.2) is 0 Å². The normalized spacial score (nSPS) is 15.0. The zero-order valence-corrected chi connectivity index (χ0v) is 24.1. The SMILES string of the molecule is Cc1cc(C)c(N2CCCN(c3c(C)cc(C)cc3C)[C]2=[Ru]([Cl])([Cl])=[CH]c2ccccc2)c(C)c1. The summed E-state index contributed by atoms with van der Waals surface area (Å²) in [6.07, 6.45) is 1.04. The first-order valence-electron chi connectivity index (χ1n) is 11.7. The molecule has 182 valence electrons. The summed E-state index contributed by atoms with van der Waals surface area (Å²) in [6, 6.07) is 19.3. The van der Waals surface area contributed by atoms with Crippen LogP contribution in [0.3, 0.4) is 0 Å². The van der Waals surface area contributed by atoms with Crippen molar-refractivity contribution in [2.45, 2.75) is 48.0 Å². The predicted molar refractivity (Wildman–Crippen MR) is 149 cm³/mol. The van der Waals surface area contributed by atoms with E-state index < -0.39 is 11.9 Å². The van der Waals surface area contributed by atoms with E-state index in [2.05, 4.69) is 92.3 Å². The van der Waals surface area contributed by atoms with Crippen LogP contribution in [0.4, 0.5) is 11.4 Å². The monoisotopic (exact) mass is 582 g/mol. The molecule has 4 rings (SSSR count). The number of benzene rings is 3. The number of hydrogen-bond donors (Lipinski definition) is 0. The van der Waals surface area contributed by atoms with Gasteiger partial charge in [-0.05, 0) is 0 Å². The Balaban J connectivity index is 2.06. The summed E-state index contributed by atoms with van der Waals surface area (Å²) in [7, 11) is 14.9. The molecule has 0 atom stereocenters. The molecule has 1 fully saturated rings. The quantitative estimate of drug-likeness (QED) is 0.293. The second-order valence-electron chi connectivity index (χ2n) is 9.36. The van der Waals surface area contributed by atoms with Crippen LogP contribution in [0.2, 0.25) is 0 Å². The molecule has 1 aliphatic heterocycles. The van der Waals surface area contributed by atoms with Gasteiger partial charge in [-0.3, -0.25) is 0 Å². The van der Waals surface area contributed by atoms with Gasteiger partial charge >= 0.3 is 216 Å². The molecule has 1 aliphatic rings. The van der Waals surface area contributed by atoms with Gasteiger partial charge in [0.2, 0.25) is 0 Å². The van der Waals surface area contributed by atoms with Crippen LogP contribution in [-0.2, 0) is 11.9 Å². The molecule has 0 aliphatic carbocycles. The zero-order chi connectivity index (χ0) is 24.6. The summed E-state index contributed by atoms with van der Waals surface area (Å²) < 4.78 is 3.21. The van der Waals surface area contributed by atoms with E-state index in [0.29, 0.717) is 0 Å². The molecular weight excluding hydrogens is 548 g/mol. The third-order valence-corrected chi connectivity index (χ3v) is 11.8. The molecule has 0 bridgehead atoms. The first kappa shape index (κ1) is 25.3. The van der Waals surface area contributed by atoms with E-state index >= 15 is 0 Å². The summed E-state index contributed by atoms with van der Waals surface area (Å²) in [5.41, 5.74) is 11.1. The van der Waals surface area contributed by atoms with E-state index in [1.807, 2.05) is 18.2 Å². The fourth-order valence-electron chi connectivity index (χ4n) is 5.28. The number of rotatable bonds is 3. The second kappa shape index (κ2) is 10.1. The summed E-state index contributed by atoms with van der Waals surface area (Å²) in [4.78, 5) is 4.86. The van der Waals surface area contributed by atoms with Crippen LogP contribution >= 0.6 is 19.4 Å². The summed E-state index contributed by atoms with van der Waals surface area (Å²) in [5, 5.41) is 0. The number of anilines is 2. The van der Waals surface area contributed by atoms with Gasteiger partial charge in [0.25, 0.3) is 0 Å². The van der Waals surface area contributed by atoms with Gasteiger partial charge in [-0.1, -0.05) is 0 Å². The van der Waals surface area contributed by atoms with Crippen LogP contribution in [-0.4, -0.2) is 22.1 Å². The molecule has 0 radical (unpaired) electrons. The fourth-order valence-corrected chi connectivity index (χ4v) is 11.4. The zero-order valence-electron chi connectivity index (χ0n) is 20.9. The van der Waals surface area contributed by atoms with Crippen molar-refractivity contribution in [3.8, 4) is 0 Å². The predicted octanol–water partition coefficient (Wildman–Crippen LogP) is 7.65. The molecule has 0 amide bonds. The Hall–Kier alpha value is -1.80. The maximum atomic E-state index is 7.47.